The van der Waals surface area contributed by atoms with Crippen LogP contribution in [0.5, 0.6) is 11.5 Å². The quantitative estimate of drug-likeness (QED) is 0.590. The van der Waals surface area contributed by atoms with E-state index in [-0.39, 0.29) is 18.1 Å². The van der Waals surface area contributed by atoms with Gasteiger partial charge in [-0.25, -0.2) is 4.79 Å². The van der Waals surface area contributed by atoms with Crippen LogP contribution in [0.3, 0.4) is 0 Å². The summed E-state index contributed by atoms with van der Waals surface area (Å²) < 4.78 is 15.4. The maximum atomic E-state index is 12.4. The van der Waals surface area contributed by atoms with Gasteiger partial charge in [0.2, 0.25) is 5.78 Å². The van der Waals surface area contributed by atoms with Crippen molar-refractivity contribution in [1.82, 2.24) is 0 Å². The van der Waals surface area contributed by atoms with Gasteiger partial charge >= 0.3 is 5.97 Å². The molecular weight excluding hydrogens is 367 g/mol. The van der Waals surface area contributed by atoms with Gasteiger partial charge in [-0.05, 0) is 35.9 Å². The summed E-state index contributed by atoms with van der Waals surface area (Å²) in [4.78, 5) is 23.5. The third kappa shape index (κ3) is 3.78. The molecule has 0 amide bonds. The maximum Gasteiger partial charge on any atom is 0.343 e. The Morgan fingerprint density at radius 1 is 1.16 bits per heavy atom. The average Bonchev–Trinajstić information content (AvgIpc) is 2.91. The molecule has 0 fully saturated rings. The second-order valence-corrected chi connectivity index (χ2v) is 5.95. The first-order valence-electron chi connectivity index (χ1n) is 7.21. The molecule has 0 aliphatic carbocycles. The van der Waals surface area contributed by atoms with E-state index in [0.717, 1.165) is 0 Å². The molecule has 7 heteroatoms. The van der Waals surface area contributed by atoms with Gasteiger partial charge in [-0.3, -0.25) is 4.79 Å². The van der Waals surface area contributed by atoms with Crippen LogP contribution in [0.25, 0.3) is 6.08 Å². The third-order valence-corrected chi connectivity index (χ3v) is 4.21. The molecule has 3 rings (SSSR count). The first-order valence-corrected chi connectivity index (χ1v) is 7.96. The minimum atomic E-state index is -0.502. The number of Topliss-reactive ketones (excluding diaryl/α,β-unsaturated/α-hetero) is 1. The van der Waals surface area contributed by atoms with E-state index in [1.54, 1.807) is 42.5 Å². The summed E-state index contributed by atoms with van der Waals surface area (Å²) in [5, 5.41) is 0.815. The molecule has 0 atom stereocenters. The van der Waals surface area contributed by atoms with Crippen LogP contribution in [0, 0.1) is 0 Å². The summed E-state index contributed by atoms with van der Waals surface area (Å²) in [7, 11) is 1.27. The van der Waals surface area contributed by atoms with Crippen LogP contribution in [0.4, 0.5) is 0 Å². The lowest BCUT2D eigenvalue weighted by atomic mass is 10.1. The van der Waals surface area contributed by atoms with Crippen LogP contribution in [0.2, 0.25) is 10.0 Å². The molecule has 2 aromatic rings. The zero-order valence-electron chi connectivity index (χ0n) is 13.0. The summed E-state index contributed by atoms with van der Waals surface area (Å²) in [5.41, 5.74) is 1.10. The average molecular weight is 379 g/mol. The van der Waals surface area contributed by atoms with Crippen LogP contribution in [-0.2, 0) is 9.53 Å². The van der Waals surface area contributed by atoms with Crippen LogP contribution < -0.4 is 9.47 Å². The van der Waals surface area contributed by atoms with E-state index in [9.17, 15) is 9.59 Å². The van der Waals surface area contributed by atoms with Gasteiger partial charge in [0.25, 0.3) is 0 Å². The molecule has 0 aromatic heterocycles. The lowest BCUT2D eigenvalue weighted by Crippen LogP contribution is -2.12. The molecule has 0 N–H and O–H groups in total. The number of methoxy groups -OCH3 is 1. The number of halogens is 2. The van der Waals surface area contributed by atoms with Gasteiger partial charge in [-0.2, -0.15) is 0 Å². The minimum absolute atomic E-state index is 0.165. The fraction of sp³-hybridized carbons (Fsp3) is 0.111. The Bertz CT molecular complexity index is 889. The highest BCUT2D eigenvalue weighted by atomic mass is 35.5. The van der Waals surface area contributed by atoms with E-state index < -0.39 is 5.97 Å². The van der Waals surface area contributed by atoms with Crippen molar-refractivity contribution in [3.63, 3.8) is 0 Å². The van der Waals surface area contributed by atoms with E-state index >= 15 is 0 Å². The Morgan fingerprint density at radius 3 is 2.68 bits per heavy atom. The highest BCUT2D eigenvalue weighted by Crippen LogP contribution is 2.35. The van der Waals surface area contributed by atoms with Gasteiger partial charge in [-0.1, -0.05) is 29.3 Å². The summed E-state index contributed by atoms with van der Waals surface area (Å²) in [6, 6.07) is 9.73. The van der Waals surface area contributed by atoms with Gasteiger partial charge in [-0.15, -0.1) is 0 Å². The fourth-order valence-electron chi connectivity index (χ4n) is 2.21. The first-order chi connectivity index (χ1) is 12.0. The van der Waals surface area contributed by atoms with E-state index in [4.69, 9.17) is 32.7 Å². The van der Waals surface area contributed by atoms with Gasteiger partial charge in [0.05, 0.1) is 22.7 Å². The van der Waals surface area contributed by atoms with Crippen molar-refractivity contribution in [3.8, 4) is 11.5 Å². The zero-order chi connectivity index (χ0) is 18.0. The van der Waals surface area contributed by atoms with Crippen molar-refractivity contribution in [2.24, 2.45) is 0 Å². The standard InChI is InChI=1S/C18H12Cl2O5/c1-23-17(21)9-24-11-3-4-12-15(8-11)25-16(18(12)22)7-10-2-5-13(19)14(20)6-10/h2-8H,9H2,1H3/b16-7-. The van der Waals surface area contributed by atoms with E-state index in [2.05, 4.69) is 4.74 Å². The Hall–Kier alpha value is -2.50. The fourth-order valence-corrected chi connectivity index (χ4v) is 2.52. The van der Waals surface area contributed by atoms with E-state index in [0.29, 0.717) is 32.7 Å². The number of ketones is 1. The molecule has 25 heavy (non-hydrogen) atoms. The van der Waals surface area contributed by atoms with Crippen LogP contribution in [0.15, 0.2) is 42.2 Å². The second kappa shape index (κ2) is 7.17. The van der Waals surface area contributed by atoms with Gasteiger partial charge in [0, 0.05) is 6.07 Å². The molecule has 0 radical (unpaired) electrons. The molecule has 1 aliphatic heterocycles. The lowest BCUT2D eigenvalue weighted by Gasteiger charge is -2.05. The number of rotatable bonds is 4. The Labute approximate surface area is 153 Å². The van der Waals surface area contributed by atoms with Crippen LogP contribution in [0.1, 0.15) is 15.9 Å². The molecule has 0 saturated carbocycles. The number of carbonyl (C=O) groups is 2. The lowest BCUT2D eigenvalue weighted by molar-refractivity contribution is -0.142. The highest BCUT2D eigenvalue weighted by molar-refractivity contribution is 6.42. The smallest absolute Gasteiger partial charge is 0.343 e. The maximum absolute atomic E-state index is 12.4. The highest BCUT2D eigenvalue weighted by Gasteiger charge is 2.27. The third-order valence-electron chi connectivity index (χ3n) is 3.47. The number of esters is 1. The Balaban J connectivity index is 1.81. The summed E-state index contributed by atoms with van der Waals surface area (Å²) in [5.74, 6) is 0.170. The molecular formula is C18H12Cl2O5. The number of hydrogen-bond donors (Lipinski definition) is 0. The van der Waals surface area contributed by atoms with Gasteiger partial charge < -0.3 is 14.2 Å². The molecule has 0 spiro atoms. The normalized spacial score (nSPS) is 14.2. The largest absolute Gasteiger partial charge is 0.482 e. The molecule has 2 aromatic carbocycles. The number of hydrogen-bond acceptors (Lipinski definition) is 5. The number of fused-ring (bicyclic) bond motifs is 1. The zero-order valence-corrected chi connectivity index (χ0v) is 14.6. The molecule has 0 unspecified atom stereocenters. The van der Waals surface area contributed by atoms with Crippen molar-refractivity contribution in [3.05, 3.63) is 63.3 Å². The van der Waals surface area contributed by atoms with Crippen molar-refractivity contribution in [2.45, 2.75) is 0 Å². The number of ether oxygens (including phenoxy) is 3. The monoisotopic (exact) mass is 378 g/mol. The van der Waals surface area contributed by atoms with Crippen molar-refractivity contribution < 1.29 is 23.8 Å². The summed E-state index contributed by atoms with van der Waals surface area (Å²) >= 11 is 11.9. The van der Waals surface area contributed by atoms with E-state index in [1.807, 2.05) is 0 Å². The topological polar surface area (TPSA) is 61.8 Å². The predicted molar refractivity (Wildman–Crippen MR) is 93.4 cm³/mol. The van der Waals surface area contributed by atoms with Gasteiger partial charge in [0.1, 0.15) is 11.5 Å². The molecule has 0 saturated heterocycles. The summed E-state index contributed by atoms with van der Waals surface area (Å²) in [6.07, 6.45) is 1.58. The van der Waals surface area contributed by atoms with Crippen LogP contribution >= 0.6 is 23.2 Å². The van der Waals surface area contributed by atoms with E-state index in [1.165, 1.54) is 7.11 Å². The predicted octanol–water partition coefficient (Wildman–Crippen LogP) is 4.16. The molecule has 1 aliphatic rings. The molecule has 1 heterocycles. The van der Waals surface area contributed by atoms with Gasteiger partial charge in [0.15, 0.2) is 12.4 Å². The minimum Gasteiger partial charge on any atom is -0.482 e. The first kappa shape index (κ1) is 17.3. The molecule has 128 valence electrons. The van der Waals surface area contributed by atoms with Crippen molar-refractivity contribution in [2.75, 3.05) is 13.7 Å². The van der Waals surface area contributed by atoms with Crippen LogP contribution in [-0.4, -0.2) is 25.5 Å². The summed E-state index contributed by atoms with van der Waals surface area (Å²) in [6.45, 7) is -0.227. The number of allylic oxidation sites excluding steroid dienone is 1. The van der Waals surface area contributed by atoms with Crippen molar-refractivity contribution in [1.29, 1.82) is 0 Å². The van der Waals surface area contributed by atoms with Crippen molar-refractivity contribution >= 4 is 41.0 Å². The second-order valence-electron chi connectivity index (χ2n) is 5.14. The SMILES string of the molecule is COC(=O)COc1ccc2c(c1)O/C(=C\c1ccc(Cl)c(Cl)c1)C2=O. The number of benzene rings is 2. The Morgan fingerprint density at radius 2 is 1.96 bits per heavy atom. The number of carbonyl (C=O) groups excluding carboxylic acids is 2. The molecule has 0 bridgehead atoms. The Kier molecular flexibility index (Phi) is 4.97. The molecule has 5 nitrogen and oxygen atoms in total.